The molecule has 0 spiro atoms. The van der Waals surface area contributed by atoms with Crippen LogP contribution in [0.3, 0.4) is 0 Å². The molecule has 7 nitrogen and oxygen atoms in total. The minimum atomic E-state index is -0.543. The highest BCUT2D eigenvalue weighted by atomic mass is 79.9. The van der Waals surface area contributed by atoms with E-state index in [1.807, 2.05) is 19.1 Å². The van der Waals surface area contributed by atoms with Crippen molar-refractivity contribution < 1.29 is 19.4 Å². The first-order valence-electron chi connectivity index (χ1n) is 8.22. The molecule has 2 rings (SSSR count). The SMILES string of the molecule is CCOc1cc(C=NNC(=O)CC(=O)Nc2ccc(C)cc2)cc(Br)c1O. The lowest BCUT2D eigenvalue weighted by Gasteiger charge is -2.08. The van der Waals surface area contributed by atoms with E-state index in [0.717, 1.165) is 5.56 Å². The van der Waals surface area contributed by atoms with E-state index in [2.05, 4.69) is 31.8 Å². The number of amides is 2. The molecule has 8 heteroatoms. The van der Waals surface area contributed by atoms with E-state index in [9.17, 15) is 14.7 Å². The van der Waals surface area contributed by atoms with Gasteiger partial charge in [0.25, 0.3) is 0 Å². The van der Waals surface area contributed by atoms with Gasteiger partial charge in [0.1, 0.15) is 6.42 Å². The smallest absolute Gasteiger partial charge is 0.249 e. The number of nitrogens with zero attached hydrogens (tertiary/aromatic N) is 1. The van der Waals surface area contributed by atoms with E-state index in [1.165, 1.54) is 6.21 Å². The van der Waals surface area contributed by atoms with Gasteiger partial charge >= 0.3 is 0 Å². The van der Waals surface area contributed by atoms with Crippen LogP contribution in [0.2, 0.25) is 0 Å². The Kier molecular flexibility index (Phi) is 7.36. The number of phenolic OH excluding ortho intramolecular Hbond substituents is 1. The molecule has 0 saturated heterocycles. The quantitative estimate of drug-likeness (QED) is 0.354. The fourth-order valence-electron chi connectivity index (χ4n) is 2.14. The maximum atomic E-state index is 11.9. The normalized spacial score (nSPS) is 10.6. The van der Waals surface area contributed by atoms with Crippen molar-refractivity contribution >= 4 is 39.6 Å². The lowest BCUT2D eigenvalue weighted by Crippen LogP contribution is -2.24. The predicted octanol–water partition coefficient (Wildman–Crippen LogP) is 3.34. The third kappa shape index (κ3) is 6.41. The fraction of sp³-hybridized carbons (Fsp3) is 0.211. The molecule has 0 aliphatic heterocycles. The van der Waals surface area contributed by atoms with Crippen LogP contribution in [0.15, 0.2) is 46.0 Å². The van der Waals surface area contributed by atoms with Gasteiger partial charge in [-0.05, 0) is 59.6 Å². The molecule has 0 fully saturated rings. The third-order valence-electron chi connectivity index (χ3n) is 3.41. The molecule has 0 radical (unpaired) electrons. The second-order valence-corrected chi connectivity index (χ2v) is 6.52. The number of anilines is 1. The van der Waals surface area contributed by atoms with Crippen LogP contribution in [0.25, 0.3) is 0 Å². The number of ether oxygens (including phenoxy) is 1. The summed E-state index contributed by atoms with van der Waals surface area (Å²) in [5.74, 6) is -0.681. The number of aryl methyl sites for hydroxylation is 1. The molecule has 2 aromatic rings. The Morgan fingerprint density at radius 3 is 2.59 bits per heavy atom. The largest absolute Gasteiger partial charge is 0.503 e. The van der Waals surface area contributed by atoms with E-state index in [-0.39, 0.29) is 12.2 Å². The average Bonchev–Trinajstić information content (AvgIpc) is 2.61. The molecular formula is C19H20BrN3O4. The lowest BCUT2D eigenvalue weighted by molar-refractivity contribution is -0.126. The Bertz CT molecular complexity index is 851. The summed E-state index contributed by atoms with van der Waals surface area (Å²) in [4.78, 5) is 23.7. The highest BCUT2D eigenvalue weighted by molar-refractivity contribution is 9.10. The van der Waals surface area contributed by atoms with Gasteiger partial charge in [-0.1, -0.05) is 17.7 Å². The van der Waals surface area contributed by atoms with Crippen LogP contribution < -0.4 is 15.5 Å². The molecule has 0 aliphatic carbocycles. The Balaban J connectivity index is 1.89. The van der Waals surface area contributed by atoms with Crippen molar-refractivity contribution in [3.05, 3.63) is 52.0 Å². The average molecular weight is 434 g/mol. The molecular weight excluding hydrogens is 414 g/mol. The van der Waals surface area contributed by atoms with Gasteiger partial charge in [0.05, 0.1) is 17.3 Å². The highest BCUT2D eigenvalue weighted by Gasteiger charge is 2.10. The van der Waals surface area contributed by atoms with Gasteiger partial charge in [-0.15, -0.1) is 0 Å². The molecule has 0 heterocycles. The predicted molar refractivity (Wildman–Crippen MR) is 107 cm³/mol. The topological polar surface area (TPSA) is 100 Å². The Morgan fingerprint density at radius 1 is 1.22 bits per heavy atom. The summed E-state index contributed by atoms with van der Waals surface area (Å²) >= 11 is 3.22. The van der Waals surface area contributed by atoms with Crippen molar-refractivity contribution in [3.8, 4) is 11.5 Å². The molecule has 2 amide bonds. The summed E-state index contributed by atoms with van der Waals surface area (Å²) in [6, 6.07) is 10.5. The summed E-state index contributed by atoms with van der Waals surface area (Å²) in [7, 11) is 0. The van der Waals surface area contributed by atoms with Crippen molar-refractivity contribution in [2.75, 3.05) is 11.9 Å². The maximum absolute atomic E-state index is 11.9. The summed E-state index contributed by atoms with van der Waals surface area (Å²) in [5, 5.41) is 16.3. The molecule has 0 saturated carbocycles. The van der Waals surface area contributed by atoms with Crippen molar-refractivity contribution in [2.24, 2.45) is 5.10 Å². The number of nitrogens with one attached hydrogen (secondary N) is 2. The van der Waals surface area contributed by atoms with Gasteiger partial charge < -0.3 is 15.2 Å². The van der Waals surface area contributed by atoms with Crippen molar-refractivity contribution in [3.63, 3.8) is 0 Å². The second kappa shape index (κ2) is 9.72. The van der Waals surface area contributed by atoms with Crippen LogP contribution in [0.1, 0.15) is 24.5 Å². The summed E-state index contributed by atoms with van der Waals surface area (Å²) in [6.45, 7) is 4.14. The molecule has 0 aliphatic rings. The number of carbonyl (C=O) groups is 2. The van der Waals surface area contributed by atoms with Crippen LogP contribution >= 0.6 is 15.9 Å². The van der Waals surface area contributed by atoms with Gasteiger partial charge in [-0.25, -0.2) is 5.43 Å². The lowest BCUT2D eigenvalue weighted by atomic mass is 10.2. The van der Waals surface area contributed by atoms with Crippen LogP contribution in [0.4, 0.5) is 5.69 Å². The number of halogens is 1. The van der Waals surface area contributed by atoms with E-state index in [1.54, 1.807) is 31.2 Å². The van der Waals surface area contributed by atoms with Crippen molar-refractivity contribution in [1.29, 1.82) is 0 Å². The van der Waals surface area contributed by atoms with Crippen LogP contribution in [-0.4, -0.2) is 29.7 Å². The Morgan fingerprint density at radius 2 is 1.93 bits per heavy atom. The van der Waals surface area contributed by atoms with E-state index >= 15 is 0 Å². The van der Waals surface area contributed by atoms with Gasteiger partial charge in [0, 0.05) is 5.69 Å². The number of rotatable bonds is 7. The number of hydrogen-bond donors (Lipinski definition) is 3. The number of phenols is 1. The minimum Gasteiger partial charge on any atom is -0.503 e. The number of aromatic hydroxyl groups is 1. The number of benzene rings is 2. The molecule has 3 N–H and O–H groups in total. The zero-order valence-electron chi connectivity index (χ0n) is 15.0. The Labute approximate surface area is 165 Å². The second-order valence-electron chi connectivity index (χ2n) is 5.67. The highest BCUT2D eigenvalue weighted by Crippen LogP contribution is 2.35. The van der Waals surface area contributed by atoms with E-state index in [0.29, 0.717) is 28.1 Å². The molecule has 2 aromatic carbocycles. The third-order valence-corrected chi connectivity index (χ3v) is 4.01. The summed E-state index contributed by atoms with van der Waals surface area (Å²) in [5.41, 5.74) is 4.60. The minimum absolute atomic E-state index is 0.00851. The van der Waals surface area contributed by atoms with E-state index in [4.69, 9.17) is 4.74 Å². The number of hydrogen-bond acceptors (Lipinski definition) is 5. The summed E-state index contributed by atoms with van der Waals surface area (Å²) in [6.07, 6.45) is 1.04. The maximum Gasteiger partial charge on any atom is 0.249 e. The molecule has 0 unspecified atom stereocenters. The van der Waals surface area contributed by atoms with Gasteiger partial charge in [-0.2, -0.15) is 5.10 Å². The number of hydrazone groups is 1. The van der Waals surface area contributed by atoms with Crippen LogP contribution in [-0.2, 0) is 9.59 Å². The van der Waals surface area contributed by atoms with Gasteiger partial charge in [0.2, 0.25) is 11.8 Å². The molecule has 142 valence electrons. The standard InChI is InChI=1S/C19H20BrN3O4/c1-3-27-16-9-13(8-15(20)19(16)26)11-21-23-18(25)10-17(24)22-14-6-4-12(2)5-7-14/h4-9,11,26H,3,10H2,1-2H3,(H,22,24)(H,23,25). The molecule has 0 atom stereocenters. The molecule has 27 heavy (non-hydrogen) atoms. The van der Waals surface area contributed by atoms with E-state index < -0.39 is 11.8 Å². The first-order valence-corrected chi connectivity index (χ1v) is 9.02. The van der Waals surface area contributed by atoms with Crippen molar-refractivity contribution in [1.82, 2.24) is 5.43 Å². The zero-order chi connectivity index (χ0) is 19.8. The zero-order valence-corrected chi connectivity index (χ0v) is 16.5. The molecule has 0 aromatic heterocycles. The van der Waals surface area contributed by atoms with Crippen LogP contribution in [0, 0.1) is 6.92 Å². The van der Waals surface area contributed by atoms with Crippen molar-refractivity contribution in [2.45, 2.75) is 20.3 Å². The fourth-order valence-corrected chi connectivity index (χ4v) is 2.60. The molecule has 0 bridgehead atoms. The first-order chi connectivity index (χ1) is 12.9. The van der Waals surface area contributed by atoms with Gasteiger partial charge in [-0.3, -0.25) is 9.59 Å². The monoisotopic (exact) mass is 433 g/mol. The van der Waals surface area contributed by atoms with Gasteiger partial charge in [0.15, 0.2) is 11.5 Å². The van der Waals surface area contributed by atoms with Crippen LogP contribution in [0.5, 0.6) is 11.5 Å². The summed E-state index contributed by atoms with van der Waals surface area (Å²) < 4.78 is 5.76. The first kappa shape index (κ1) is 20.4. The number of carbonyl (C=O) groups excluding carboxylic acids is 2. The Hall–Kier alpha value is -2.87.